The maximum absolute atomic E-state index is 13.9. The molecule has 0 bridgehead atoms. The Morgan fingerprint density at radius 3 is 2.80 bits per heavy atom. The smallest absolute Gasteiger partial charge is 0.237 e. The van der Waals surface area contributed by atoms with Crippen LogP contribution in [-0.2, 0) is 10.2 Å². The van der Waals surface area contributed by atoms with Crippen molar-refractivity contribution in [1.82, 2.24) is 5.32 Å². The summed E-state index contributed by atoms with van der Waals surface area (Å²) >= 11 is 0. The number of hydrogen-bond acceptors (Lipinski definition) is 4. The van der Waals surface area contributed by atoms with Gasteiger partial charge in [-0.05, 0) is 54.4 Å². The molecule has 3 heterocycles. The molecule has 3 aliphatic rings. The minimum absolute atomic E-state index is 0.0852. The van der Waals surface area contributed by atoms with E-state index in [2.05, 4.69) is 10.6 Å². The van der Waals surface area contributed by atoms with E-state index >= 15 is 0 Å². The van der Waals surface area contributed by atoms with Gasteiger partial charge in [-0.25, -0.2) is 4.39 Å². The molecule has 2 unspecified atom stereocenters. The van der Waals surface area contributed by atoms with Crippen LogP contribution >= 0.6 is 0 Å². The highest BCUT2D eigenvalue weighted by atomic mass is 19.1. The molecule has 5 nitrogen and oxygen atoms in total. The van der Waals surface area contributed by atoms with Crippen molar-refractivity contribution in [2.45, 2.75) is 17.9 Å². The number of benzene rings is 2. The van der Waals surface area contributed by atoms with Crippen LogP contribution in [0.5, 0.6) is 11.5 Å². The van der Waals surface area contributed by atoms with E-state index in [0.717, 1.165) is 11.1 Å². The van der Waals surface area contributed by atoms with Gasteiger partial charge in [0.15, 0.2) is 11.5 Å². The number of hydrogen-bond donors (Lipinski definition) is 2. The standard InChI is InChI=1S/C19H17FN2O3/c20-12-2-3-14-13(10-12)19(18(23)22-14)5-6-21-17(19)11-1-4-15-16(9-11)25-8-7-24-15/h1-4,9-10,17,21H,5-8H2,(H,22,23). The first-order valence-electron chi connectivity index (χ1n) is 8.43. The van der Waals surface area contributed by atoms with Crippen molar-refractivity contribution in [3.63, 3.8) is 0 Å². The topological polar surface area (TPSA) is 59.6 Å². The van der Waals surface area contributed by atoms with Crippen LogP contribution in [0.15, 0.2) is 36.4 Å². The highest BCUT2D eigenvalue weighted by Crippen LogP contribution is 2.51. The molecule has 1 amide bonds. The molecule has 0 aromatic heterocycles. The summed E-state index contributed by atoms with van der Waals surface area (Å²) in [6.07, 6.45) is 0.619. The minimum atomic E-state index is -0.804. The highest BCUT2D eigenvalue weighted by molar-refractivity contribution is 6.07. The van der Waals surface area contributed by atoms with Gasteiger partial charge in [-0.15, -0.1) is 0 Å². The number of carbonyl (C=O) groups is 1. The molecule has 0 radical (unpaired) electrons. The first-order chi connectivity index (χ1) is 12.2. The van der Waals surface area contributed by atoms with E-state index < -0.39 is 5.41 Å². The van der Waals surface area contributed by atoms with Crippen LogP contribution in [0.1, 0.15) is 23.6 Å². The molecule has 2 aromatic rings. The van der Waals surface area contributed by atoms with Crippen LogP contribution in [0.25, 0.3) is 0 Å². The lowest BCUT2D eigenvalue weighted by atomic mass is 9.73. The number of rotatable bonds is 1. The van der Waals surface area contributed by atoms with Crippen molar-refractivity contribution in [3.8, 4) is 11.5 Å². The Hall–Kier alpha value is -2.60. The summed E-state index contributed by atoms with van der Waals surface area (Å²) in [6.45, 7) is 1.73. The average molecular weight is 340 g/mol. The van der Waals surface area contributed by atoms with Gasteiger partial charge in [-0.3, -0.25) is 4.79 Å². The van der Waals surface area contributed by atoms with Crippen LogP contribution < -0.4 is 20.1 Å². The SMILES string of the molecule is O=C1Nc2ccc(F)cc2C12CCNC2c1ccc2c(c1)OCCO2. The van der Waals surface area contributed by atoms with Gasteiger partial charge in [0.05, 0.1) is 11.5 Å². The molecule has 1 fully saturated rings. The van der Waals surface area contributed by atoms with Crippen molar-refractivity contribution in [2.75, 3.05) is 25.1 Å². The molecule has 3 aliphatic heterocycles. The molecular weight excluding hydrogens is 323 g/mol. The third kappa shape index (κ3) is 2.00. The van der Waals surface area contributed by atoms with Crippen molar-refractivity contribution in [2.24, 2.45) is 0 Å². The lowest BCUT2D eigenvalue weighted by molar-refractivity contribution is -0.121. The van der Waals surface area contributed by atoms with E-state index in [1.165, 1.54) is 12.1 Å². The van der Waals surface area contributed by atoms with Crippen molar-refractivity contribution < 1.29 is 18.7 Å². The van der Waals surface area contributed by atoms with E-state index in [4.69, 9.17) is 9.47 Å². The normalized spacial score (nSPS) is 26.6. The number of anilines is 1. The van der Waals surface area contributed by atoms with Gasteiger partial charge in [-0.2, -0.15) is 0 Å². The maximum atomic E-state index is 13.9. The lowest BCUT2D eigenvalue weighted by Gasteiger charge is -2.30. The number of ether oxygens (including phenoxy) is 2. The van der Waals surface area contributed by atoms with Gasteiger partial charge in [0.2, 0.25) is 5.91 Å². The molecule has 128 valence electrons. The van der Waals surface area contributed by atoms with Gasteiger partial charge >= 0.3 is 0 Å². The molecule has 0 saturated carbocycles. The van der Waals surface area contributed by atoms with Crippen molar-refractivity contribution >= 4 is 11.6 Å². The summed E-state index contributed by atoms with van der Waals surface area (Å²) in [5.74, 6) is 0.982. The predicted molar refractivity (Wildman–Crippen MR) is 89.5 cm³/mol. The molecule has 6 heteroatoms. The van der Waals surface area contributed by atoms with Crippen LogP contribution in [0, 0.1) is 5.82 Å². The van der Waals surface area contributed by atoms with Gasteiger partial charge in [0.25, 0.3) is 0 Å². The average Bonchev–Trinajstić information content (AvgIpc) is 3.19. The molecule has 25 heavy (non-hydrogen) atoms. The summed E-state index contributed by atoms with van der Waals surface area (Å²) in [5, 5.41) is 6.34. The van der Waals surface area contributed by atoms with Crippen LogP contribution in [-0.4, -0.2) is 25.7 Å². The summed E-state index contributed by atoms with van der Waals surface area (Å²) < 4.78 is 25.1. The number of fused-ring (bicyclic) bond motifs is 3. The largest absolute Gasteiger partial charge is 0.486 e. The maximum Gasteiger partial charge on any atom is 0.237 e. The van der Waals surface area contributed by atoms with Gasteiger partial charge in [0.1, 0.15) is 19.0 Å². The summed E-state index contributed by atoms with van der Waals surface area (Å²) in [7, 11) is 0. The minimum Gasteiger partial charge on any atom is -0.486 e. The van der Waals surface area contributed by atoms with Crippen molar-refractivity contribution in [1.29, 1.82) is 0 Å². The van der Waals surface area contributed by atoms with Crippen molar-refractivity contribution in [3.05, 3.63) is 53.3 Å². The monoisotopic (exact) mass is 340 g/mol. The van der Waals surface area contributed by atoms with Crippen LogP contribution in [0.4, 0.5) is 10.1 Å². The molecular formula is C19H17FN2O3. The fraction of sp³-hybridized carbons (Fsp3) is 0.316. The fourth-order valence-electron chi connectivity index (χ4n) is 4.26. The molecule has 5 rings (SSSR count). The molecule has 2 atom stereocenters. The molecule has 1 spiro atoms. The second-order valence-electron chi connectivity index (χ2n) is 6.66. The first-order valence-corrected chi connectivity index (χ1v) is 8.43. The Morgan fingerprint density at radius 2 is 1.92 bits per heavy atom. The third-order valence-corrected chi connectivity index (χ3v) is 5.38. The van der Waals surface area contributed by atoms with Crippen LogP contribution in [0.2, 0.25) is 0 Å². The molecule has 1 saturated heterocycles. The van der Waals surface area contributed by atoms with E-state index in [1.54, 1.807) is 6.07 Å². The van der Waals surface area contributed by atoms with E-state index in [0.29, 0.717) is 43.4 Å². The van der Waals surface area contributed by atoms with Gasteiger partial charge < -0.3 is 20.1 Å². The zero-order valence-electron chi connectivity index (χ0n) is 13.5. The zero-order valence-corrected chi connectivity index (χ0v) is 13.5. The second-order valence-corrected chi connectivity index (χ2v) is 6.66. The Bertz CT molecular complexity index is 885. The van der Waals surface area contributed by atoms with Gasteiger partial charge in [-0.1, -0.05) is 6.07 Å². The first kappa shape index (κ1) is 14.7. The van der Waals surface area contributed by atoms with E-state index in [1.807, 2.05) is 18.2 Å². The Morgan fingerprint density at radius 1 is 1.08 bits per heavy atom. The number of nitrogens with one attached hydrogen (secondary N) is 2. The van der Waals surface area contributed by atoms with E-state index in [-0.39, 0.29) is 17.8 Å². The summed E-state index contributed by atoms with van der Waals surface area (Å²) in [4.78, 5) is 12.9. The quantitative estimate of drug-likeness (QED) is 0.838. The molecule has 2 N–H and O–H groups in total. The Kier molecular flexibility index (Phi) is 3.06. The number of halogens is 1. The lowest BCUT2D eigenvalue weighted by Crippen LogP contribution is -2.39. The number of carbonyl (C=O) groups excluding carboxylic acids is 1. The van der Waals surface area contributed by atoms with Crippen LogP contribution in [0.3, 0.4) is 0 Å². The summed E-state index contributed by atoms with van der Waals surface area (Å²) in [5.41, 5.74) is 1.55. The van der Waals surface area contributed by atoms with Gasteiger partial charge in [0, 0.05) is 5.69 Å². The highest BCUT2D eigenvalue weighted by Gasteiger charge is 2.55. The molecule has 0 aliphatic carbocycles. The second kappa shape index (κ2) is 5.20. The molecule has 2 aromatic carbocycles. The predicted octanol–water partition coefficient (Wildman–Crippen LogP) is 2.52. The zero-order chi connectivity index (χ0) is 17.0. The Labute approximate surface area is 144 Å². The third-order valence-electron chi connectivity index (χ3n) is 5.38. The van der Waals surface area contributed by atoms with E-state index in [9.17, 15) is 9.18 Å². The fourth-order valence-corrected chi connectivity index (χ4v) is 4.26. The number of amides is 1. The Balaban J connectivity index is 1.63. The summed E-state index contributed by atoms with van der Waals surface area (Å²) in [6, 6.07) is 9.98.